The Morgan fingerprint density at radius 3 is 2.75 bits per heavy atom. The molecule has 3 nitrogen and oxygen atoms in total. The molecule has 1 atom stereocenters. The molecule has 0 bridgehead atoms. The molecule has 0 amide bonds. The zero-order valence-corrected chi connectivity index (χ0v) is 9.87. The average Bonchev–Trinajstić information content (AvgIpc) is 2.78. The van der Waals surface area contributed by atoms with Crippen molar-refractivity contribution in [1.29, 1.82) is 0 Å². The van der Waals surface area contributed by atoms with E-state index in [2.05, 4.69) is 21.4 Å². The van der Waals surface area contributed by atoms with E-state index < -0.39 is 0 Å². The molecule has 2 aromatic rings. The van der Waals surface area contributed by atoms with Crippen LogP contribution in [-0.4, -0.2) is 0 Å². The molecule has 0 aliphatic rings. The maximum absolute atomic E-state index is 13.1. The Morgan fingerprint density at radius 2 is 2.19 bits per heavy atom. The van der Waals surface area contributed by atoms with Gasteiger partial charge in [0, 0.05) is 0 Å². The minimum atomic E-state index is -0.307. The second-order valence-electron chi connectivity index (χ2n) is 3.29. The summed E-state index contributed by atoms with van der Waals surface area (Å²) >= 11 is 3.13. The lowest BCUT2D eigenvalue weighted by molar-refractivity contribution is 0.451. The Labute approximate surface area is 101 Å². The van der Waals surface area contributed by atoms with Gasteiger partial charge in [0.1, 0.15) is 17.6 Å². The van der Waals surface area contributed by atoms with Crippen molar-refractivity contribution in [2.45, 2.75) is 6.04 Å². The molecule has 0 aliphatic carbocycles. The second-order valence-corrected chi connectivity index (χ2v) is 4.14. The van der Waals surface area contributed by atoms with Gasteiger partial charge in [0.25, 0.3) is 0 Å². The summed E-state index contributed by atoms with van der Waals surface area (Å²) in [6, 6.07) is 8.01. The number of hydrazine groups is 1. The highest BCUT2D eigenvalue weighted by molar-refractivity contribution is 9.10. The molecule has 0 spiro atoms. The number of halogens is 2. The van der Waals surface area contributed by atoms with E-state index in [1.165, 1.54) is 6.07 Å². The number of nitrogens with two attached hydrogens (primary N) is 1. The van der Waals surface area contributed by atoms with Gasteiger partial charge < -0.3 is 4.42 Å². The van der Waals surface area contributed by atoms with Crippen LogP contribution in [0.5, 0.6) is 0 Å². The summed E-state index contributed by atoms with van der Waals surface area (Å²) < 4.78 is 18.7. The quantitative estimate of drug-likeness (QED) is 0.673. The van der Waals surface area contributed by atoms with Crippen LogP contribution in [0.1, 0.15) is 17.4 Å². The van der Waals surface area contributed by atoms with Gasteiger partial charge in [0.2, 0.25) is 0 Å². The van der Waals surface area contributed by atoms with Crippen LogP contribution in [0.4, 0.5) is 4.39 Å². The van der Waals surface area contributed by atoms with Crippen LogP contribution in [0.25, 0.3) is 0 Å². The normalized spacial score (nSPS) is 12.7. The van der Waals surface area contributed by atoms with Crippen molar-refractivity contribution in [3.8, 4) is 0 Å². The topological polar surface area (TPSA) is 51.2 Å². The van der Waals surface area contributed by atoms with Crippen LogP contribution >= 0.6 is 15.9 Å². The maximum atomic E-state index is 13.1. The lowest BCUT2D eigenvalue weighted by Gasteiger charge is -2.14. The first-order chi connectivity index (χ1) is 7.72. The monoisotopic (exact) mass is 284 g/mol. The minimum absolute atomic E-state index is 0.285. The fraction of sp³-hybridized carbons (Fsp3) is 0.0909. The summed E-state index contributed by atoms with van der Waals surface area (Å²) in [5, 5.41) is 0. The molecule has 1 aromatic heterocycles. The van der Waals surface area contributed by atoms with Crippen LogP contribution in [0.3, 0.4) is 0 Å². The van der Waals surface area contributed by atoms with Gasteiger partial charge in [-0.05, 0) is 45.8 Å². The molecule has 0 fully saturated rings. The van der Waals surface area contributed by atoms with Gasteiger partial charge in [-0.1, -0.05) is 6.07 Å². The molecule has 1 heterocycles. The molecule has 3 N–H and O–H groups in total. The van der Waals surface area contributed by atoms with Gasteiger partial charge in [-0.3, -0.25) is 5.84 Å². The first-order valence-corrected chi connectivity index (χ1v) is 5.46. The number of rotatable bonds is 3. The van der Waals surface area contributed by atoms with E-state index in [-0.39, 0.29) is 11.9 Å². The van der Waals surface area contributed by atoms with E-state index in [0.717, 1.165) is 5.56 Å². The molecule has 5 heteroatoms. The highest BCUT2D eigenvalue weighted by Crippen LogP contribution is 2.25. The number of hydrogen-bond acceptors (Lipinski definition) is 3. The minimum Gasteiger partial charge on any atom is -0.467 e. The zero-order chi connectivity index (χ0) is 11.5. The van der Waals surface area contributed by atoms with Crippen molar-refractivity contribution in [2.24, 2.45) is 5.84 Å². The van der Waals surface area contributed by atoms with Crippen molar-refractivity contribution in [3.63, 3.8) is 0 Å². The summed E-state index contributed by atoms with van der Waals surface area (Å²) in [5.74, 6) is 5.84. The summed E-state index contributed by atoms with van der Waals surface area (Å²) in [4.78, 5) is 0. The third-order valence-electron chi connectivity index (χ3n) is 2.27. The van der Waals surface area contributed by atoms with Crippen molar-refractivity contribution < 1.29 is 8.81 Å². The Balaban J connectivity index is 2.37. The number of hydrogen-bond donors (Lipinski definition) is 2. The summed E-state index contributed by atoms with van der Waals surface area (Å²) in [7, 11) is 0. The van der Waals surface area contributed by atoms with E-state index in [1.807, 2.05) is 6.07 Å². The van der Waals surface area contributed by atoms with Crippen molar-refractivity contribution in [1.82, 2.24) is 5.43 Å². The molecule has 1 unspecified atom stereocenters. The molecular weight excluding hydrogens is 275 g/mol. The lowest BCUT2D eigenvalue weighted by Crippen LogP contribution is -2.28. The van der Waals surface area contributed by atoms with Crippen molar-refractivity contribution in [3.05, 3.63) is 58.2 Å². The average molecular weight is 285 g/mol. The van der Waals surface area contributed by atoms with E-state index >= 15 is 0 Å². The van der Waals surface area contributed by atoms with Crippen LogP contribution in [0, 0.1) is 5.82 Å². The predicted octanol–water partition coefficient (Wildman–Crippen LogP) is 2.73. The predicted molar refractivity (Wildman–Crippen MR) is 62.0 cm³/mol. The van der Waals surface area contributed by atoms with Crippen LogP contribution in [-0.2, 0) is 0 Å². The largest absolute Gasteiger partial charge is 0.467 e. The molecule has 0 aliphatic heterocycles. The second kappa shape index (κ2) is 4.78. The van der Waals surface area contributed by atoms with Gasteiger partial charge in [-0.15, -0.1) is 0 Å². The van der Waals surface area contributed by atoms with Gasteiger partial charge in [-0.2, -0.15) is 0 Å². The van der Waals surface area contributed by atoms with Gasteiger partial charge in [0.05, 0.1) is 10.7 Å². The molecule has 0 saturated carbocycles. The van der Waals surface area contributed by atoms with Gasteiger partial charge >= 0.3 is 0 Å². The van der Waals surface area contributed by atoms with Crippen LogP contribution in [0.2, 0.25) is 0 Å². The molecule has 84 valence electrons. The highest BCUT2D eigenvalue weighted by atomic mass is 79.9. The first-order valence-electron chi connectivity index (χ1n) is 4.67. The maximum Gasteiger partial charge on any atom is 0.137 e. The number of benzene rings is 1. The van der Waals surface area contributed by atoms with Gasteiger partial charge in [0.15, 0.2) is 0 Å². The Bertz CT molecular complexity index is 473. The van der Waals surface area contributed by atoms with Crippen LogP contribution < -0.4 is 11.3 Å². The first kappa shape index (κ1) is 11.3. The van der Waals surface area contributed by atoms with Crippen molar-refractivity contribution >= 4 is 15.9 Å². The summed E-state index contributed by atoms with van der Waals surface area (Å²) in [6.45, 7) is 0. The standard InChI is InChI=1S/C11H10BrFN2O/c12-8-6-7(3-4-9(8)13)11(15-14)10-2-1-5-16-10/h1-6,11,15H,14H2. The van der Waals surface area contributed by atoms with E-state index in [9.17, 15) is 4.39 Å². The Kier molecular flexibility index (Phi) is 3.38. The van der Waals surface area contributed by atoms with Gasteiger partial charge in [-0.25, -0.2) is 9.82 Å². The Morgan fingerprint density at radius 1 is 1.38 bits per heavy atom. The van der Waals surface area contributed by atoms with E-state index in [4.69, 9.17) is 10.3 Å². The molecule has 16 heavy (non-hydrogen) atoms. The molecular formula is C11H10BrFN2O. The highest BCUT2D eigenvalue weighted by Gasteiger charge is 2.16. The fourth-order valence-corrected chi connectivity index (χ4v) is 1.89. The zero-order valence-electron chi connectivity index (χ0n) is 8.28. The number of furan rings is 1. The van der Waals surface area contributed by atoms with E-state index in [0.29, 0.717) is 10.2 Å². The summed E-state index contributed by atoms with van der Waals surface area (Å²) in [6.07, 6.45) is 1.57. The molecule has 0 radical (unpaired) electrons. The van der Waals surface area contributed by atoms with Crippen molar-refractivity contribution in [2.75, 3.05) is 0 Å². The fourth-order valence-electron chi connectivity index (χ4n) is 1.49. The van der Waals surface area contributed by atoms with Crippen LogP contribution in [0.15, 0.2) is 45.5 Å². The SMILES string of the molecule is NNC(c1ccc(F)c(Br)c1)c1ccco1. The molecule has 1 aromatic carbocycles. The Hall–Kier alpha value is -1.17. The lowest BCUT2D eigenvalue weighted by atomic mass is 10.1. The number of nitrogens with one attached hydrogen (secondary N) is 1. The third kappa shape index (κ3) is 2.16. The molecule has 0 saturated heterocycles. The third-order valence-corrected chi connectivity index (χ3v) is 2.88. The smallest absolute Gasteiger partial charge is 0.137 e. The van der Waals surface area contributed by atoms with E-state index in [1.54, 1.807) is 24.5 Å². The molecule has 2 rings (SSSR count). The summed E-state index contributed by atoms with van der Waals surface area (Å²) in [5.41, 5.74) is 3.46.